The van der Waals surface area contributed by atoms with Gasteiger partial charge in [0.15, 0.2) is 0 Å². The number of rotatable bonds is 3. The second-order valence-electron chi connectivity index (χ2n) is 5.06. The molecule has 0 saturated carbocycles. The van der Waals surface area contributed by atoms with E-state index in [0.29, 0.717) is 25.1 Å². The van der Waals surface area contributed by atoms with Gasteiger partial charge in [-0.1, -0.05) is 0 Å². The Morgan fingerprint density at radius 2 is 2.15 bits per heavy atom. The van der Waals surface area contributed by atoms with Crippen LogP contribution in [0.25, 0.3) is 0 Å². The lowest BCUT2D eigenvalue weighted by Gasteiger charge is -2.17. The van der Waals surface area contributed by atoms with Crippen molar-refractivity contribution in [2.75, 3.05) is 39.2 Å². The summed E-state index contributed by atoms with van der Waals surface area (Å²) in [5, 5.41) is 0. The number of carbonyl (C=O) groups excluding carboxylic acids is 2. The van der Waals surface area contributed by atoms with Crippen molar-refractivity contribution in [2.45, 2.75) is 6.42 Å². The average Bonchev–Trinajstić information content (AvgIpc) is 2.95. The zero-order valence-corrected chi connectivity index (χ0v) is 12.0. The summed E-state index contributed by atoms with van der Waals surface area (Å²) in [4.78, 5) is 31.5. The number of amides is 1. The highest BCUT2D eigenvalue weighted by Crippen LogP contribution is 2.20. The summed E-state index contributed by atoms with van der Waals surface area (Å²) < 4.78 is 4.72. The van der Waals surface area contributed by atoms with E-state index >= 15 is 0 Å². The topological polar surface area (TPSA) is 62.7 Å². The van der Waals surface area contributed by atoms with E-state index in [2.05, 4.69) is 4.98 Å². The molecule has 1 aliphatic heterocycles. The molecule has 1 aromatic heterocycles. The number of hydrogen-bond acceptors (Lipinski definition) is 5. The van der Waals surface area contributed by atoms with E-state index in [-0.39, 0.29) is 17.8 Å². The fourth-order valence-electron chi connectivity index (χ4n) is 2.26. The molecule has 2 heterocycles. The number of carbonyl (C=O) groups is 2. The van der Waals surface area contributed by atoms with E-state index in [1.54, 1.807) is 23.2 Å². The molecule has 0 aromatic carbocycles. The Morgan fingerprint density at radius 1 is 1.40 bits per heavy atom. The zero-order valence-electron chi connectivity index (χ0n) is 12.0. The van der Waals surface area contributed by atoms with Crippen LogP contribution in [0, 0.1) is 5.92 Å². The molecule has 0 spiro atoms. The third-order valence-corrected chi connectivity index (χ3v) is 3.46. The van der Waals surface area contributed by atoms with Crippen molar-refractivity contribution in [1.29, 1.82) is 0 Å². The van der Waals surface area contributed by atoms with Gasteiger partial charge in [-0.3, -0.25) is 9.59 Å². The summed E-state index contributed by atoms with van der Waals surface area (Å²) in [5.74, 6) is 0.254. The predicted octanol–water partition coefficient (Wildman–Crippen LogP) is 0.783. The van der Waals surface area contributed by atoms with Crippen LogP contribution < -0.4 is 4.90 Å². The molecule has 0 bridgehead atoms. The van der Waals surface area contributed by atoms with Crippen LogP contribution in [-0.4, -0.2) is 56.1 Å². The highest BCUT2D eigenvalue weighted by atomic mass is 16.5. The van der Waals surface area contributed by atoms with Crippen molar-refractivity contribution in [3.05, 3.63) is 23.9 Å². The van der Waals surface area contributed by atoms with Gasteiger partial charge in [-0.15, -0.1) is 0 Å². The lowest BCUT2D eigenvalue weighted by atomic mass is 10.1. The summed E-state index contributed by atoms with van der Waals surface area (Å²) in [6.45, 7) is 0.995. The third-order valence-electron chi connectivity index (χ3n) is 3.46. The molecule has 0 aliphatic carbocycles. The third kappa shape index (κ3) is 2.89. The quantitative estimate of drug-likeness (QED) is 0.764. The molecular weight excluding hydrogens is 258 g/mol. The number of ether oxygens (including phenoxy) is 1. The number of nitrogens with zero attached hydrogens (tertiary/aromatic N) is 3. The van der Waals surface area contributed by atoms with Crippen molar-refractivity contribution >= 4 is 17.7 Å². The first-order valence-electron chi connectivity index (χ1n) is 6.53. The van der Waals surface area contributed by atoms with E-state index in [1.807, 2.05) is 19.0 Å². The van der Waals surface area contributed by atoms with Gasteiger partial charge in [0.2, 0.25) is 0 Å². The minimum atomic E-state index is -0.249. The summed E-state index contributed by atoms with van der Waals surface area (Å²) in [6, 6.07) is 3.57. The molecule has 6 nitrogen and oxygen atoms in total. The molecule has 1 fully saturated rings. The summed E-state index contributed by atoms with van der Waals surface area (Å²) in [5.41, 5.74) is 0.543. The van der Waals surface area contributed by atoms with Crippen LogP contribution in [0.15, 0.2) is 18.3 Å². The summed E-state index contributed by atoms with van der Waals surface area (Å²) in [7, 11) is 5.16. The maximum atomic E-state index is 12.3. The van der Waals surface area contributed by atoms with Crippen LogP contribution in [0.5, 0.6) is 0 Å². The van der Waals surface area contributed by atoms with Gasteiger partial charge >= 0.3 is 5.97 Å². The van der Waals surface area contributed by atoms with E-state index < -0.39 is 0 Å². The number of pyridine rings is 1. The first-order chi connectivity index (χ1) is 9.52. The molecule has 0 radical (unpaired) electrons. The Morgan fingerprint density at radius 3 is 2.70 bits per heavy atom. The molecule has 1 unspecified atom stereocenters. The van der Waals surface area contributed by atoms with Crippen LogP contribution in [0.4, 0.5) is 5.82 Å². The number of aromatic nitrogens is 1. The fourth-order valence-corrected chi connectivity index (χ4v) is 2.26. The Kier molecular flexibility index (Phi) is 4.22. The maximum absolute atomic E-state index is 12.3. The van der Waals surface area contributed by atoms with Gasteiger partial charge in [-0.25, -0.2) is 4.98 Å². The Bertz CT molecular complexity index is 499. The summed E-state index contributed by atoms with van der Waals surface area (Å²) >= 11 is 0. The van der Waals surface area contributed by atoms with Gasteiger partial charge in [-0.2, -0.15) is 0 Å². The summed E-state index contributed by atoms with van der Waals surface area (Å²) in [6.07, 6.45) is 2.23. The van der Waals surface area contributed by atoms with Crippen molar-refractivity contribution < 1.29 is 14.3 Å². The second-order valence-corrected chi connectivity index (χ2v) is 5.06. The molecule has 1 atom stereocenters. The Hall–Kier alpha value is -2.11. The van der Waals surface area contributed by atoms with Gasteiger partial charge in [0.1, 0.15) is 5.82 Å². The maximum Gasteiger partial charge on any atom is 0.310 e. The lowest BCUT2D eigenvalue weighted by molar-refractivity contribution is -0.144. The molecule has 1 saturated heterocycles. The largest absolute Gasteiger partial charge is 0.469 e. The SMILES string of the molecule is COC(=O)C1CCN(C(=O)c2ccc(N(C)C)nc2)C1. The monoisotopic (exact) mass is 277 g/mol. The first-order valence-corrected chi connectivity index (χ1v) is 6.53. The number of esters is 1. The van der Waals surface area contributed by atoms with Gasteiger partial charge in [0.25, 0.3) is 5.91 Å². The molecule has 1 aromatic rings. The van der Waals surface area contributed by atoms with E-state index in [9.17, 15) is 9.59 Å². The Labute approximate surface area is 118 Å². The van der Waals surface area contributed by atoms with Crippen molar-refractivity contribution in [1.82, 2.24) is 9.88 Å². The van der Waals surface area contributed by atoms with Crippen molar-refractivity contribution in [3.8, 4) is 0 Å². The van der Waals surface area contributed by atoms with Crippen LogP contribution in [0.2, 0.25) is 0 Å². The predicted molar refractivity (Wildman–Crippen MR) is 74.6 cm³/mol. The first kappa shape index (κ1) is 14.3. The Balaban J connectivity index is 2.03. The molecule has 20 heavy (non-hydrogen) atoms. The molecule has 0 N–H and O–H groups in total. The molecular formula is C14H19N3O3. The van der Waals surface area contributed by atoms with Crippen LogP contribution in [0.1, 0.15) is 16.8 Å². The van der Waals surface area contributed by atoms with E-state index in [1.165, 1.54) is 7.11 Å². The normalized spacial score (nSPS) is 17.9. The number of methoxy groups -OCH3 is 1. The minimum absolute atomic E-state index is 0.0887. The van der Waals surface area contributed by atoms with Crippen molar-refractivity contribution in [3.63, 3.8) is 0 Å². The van der Waals surface area contributed by atoms with Crippen LogP contribution in [0.3, 0.4) is 0 Å². The average molecular weight is 277 g/mol. The van der Waals surface area contributed by atoms with E-state index in [0.717, 1.165) is 5.82 Å². The van der Waals surface area contributed by atoms with Crippen molar-refractivity contribution in [2.24, 2.45) is 5.92 Å². The molecule has 2 rings (SSSR count). The fraction of sp³-hybridized carbons (Fsp3) is 0.500. The highest BCUT2D eigenvalue weighted by molar-refractivity contribution is 5.94. The van der Waals surface area contributed by atoms with Gasteiger partial charge < -0.3 is 14.5 Å². The minimum Gasteiger partial charge on any atom is -0.469 e. The smallest absolute Gasteiger partial charge is 0.310 e. The number of hydrogen-bond donors (Lipinski definition) is 0. The zero-order chi connectivity index (χ0) is 14.7. The number of anilines is 1. The van der Waals surface area contributed by atoms with Gasteiger partial charge in [-0.05, 0) is 18.6 Å². The van der Waals surface area contributed by atoms with E-state index in [4.69, 9.17) is 4.74 Å². The molecule has 1 aliphatic rings. The van der Waals surface area contributed by atoms with Gasteiger partial charge in [0.05, 0.1) is 18.6 Å². The molecule has 6 heteroatoms. The highest BCUT2D eigenvalue weighted by Gasteiger charge is 2.32. The second kappa shape index (κ2) is 5.90. The molecule has 1 amide bonds. The molecule has 108 valence electrons. The van der Waals surface area contributed by atoms with Gasteiger partial charge in [0, 0.05) is 33.4 Å². The van der Waals surface area contributed by atoms with Crippen LogP contribution in [-0.2, 0) is 9.53 Å². The standard InChI is InChI=1S/C14H19N3O3/c1-16(2)12-5-4-10(8-15-12)13(18)17-7-6-11(9-17)14(19)20-3/h4-5,8,11H,6-7,9H2,1-3H3. The lowest BCUT2D eigenvalue weighted by Crippen LogP contribution is -2.30. The number of likely N-dealkylation sites (tertiary alicyclic amines) is 1. The van der Waals surface area contributed by atoms with Crippen LogP contribution >= 0.6 is 0 Å².